The highest BCUT2D eigenvalue weighted by Gasteiger charge is 2.32. The second kappa shape index (κ2) is 9.44. The van der Waals surface area contributed by atoms with E-state index in [2.05, 4.69) is 11.4 Å². The van der Waals surface area contributed by atoms with E-state index < -0.39 is 10.0 Å². The van der Waals surface area contributed by atoms with Crippen molar-refractivity contribution < 1.29 is 13.2 Å². The van der Waals surface area contributed by atoms with Crippen LogP contribution in [0.25, 0.3) is 0 Å². The van der Waals surface area contributed by atoms with Gasteiger partial charge in [-0.15, -0.1) is 11.8 Å². The molecule has 0 saturated carbocycles. The van der Waals surface area contributed by atoms with Crippen molar-refractivity contribution in [3.05, 3.63) is 54.1 Å². The van der Waals surface area contributed by atoms with Crippen LogP contribution in [0, 0.1) is 17.2 Å². The summed E-state index contributed by atoms with van der Waals surface area (Å²) in [6, 6.07) is 16.2. The summed E-state index contributed by atoms with van der Waals surface area (Å²) in [5, 5.41) is 11.6. The minimum absolute atomic E-state index is 0.0978. The van der Waals surface area contributed by atoms with Crippen LogP contribution in [0.1, 0.15) is 18.4 Å². The van der Waals surface area contributed by atoms with Gasteiger partial charge in [0.15, 0.2) is 0 Å². The van der Waals surface area contributed by atoms with Crippen molar-refractivity contribution in [3.63, 3.8) is 0 Å². The molecule has 0 atom stereocenters. The van der Waals surface area contributed by atoms with Gasteiger partial charge in [-0.05, 0) is 61.1 Å². The molecule has 0 bridgehead atoms. The molecule has 2 aromatic carbocycles. The summed E-state index contributed by atoms with van der Waals surface area (Å²) in [6.07, 6.45) is 3.25. The van der Waals surface area contributed by atoms with Gasteiger partial charge in [-0.25, -0.2) is 8.42 Å². The number of carbonyl (C=O) groups excluding carboxylic acids is 1. The molecule has 0 aliphatic carbocycles. The van der Waals surface area contributed by atoms with Gasteiger partial charge in [0, 0.05) is 29.6 Å². The van der Waals surface area contributed by atoms with Crippen LogP contribution in [0.2, 0.25) is 0 Å². The molecule has 6 nitrogen and oxygen atoms in total. The Labute approximate surface area is 176 Å². The molecule has 3 rings (SSSR count). The lowest BCUT2D eigenvalue weighted by atomic mass is 9.97. The Bertz CT molecular complexity index is 989. The van der Waals surface area contributed by atoms with Crippen molar-refractivity contribution in [2.75, 3.05) is 24.7 Å². The van der Waals surface area contributed by atoms with Gasteiger partial charge in [0.25, 0.3) is 0 Å². The van der Waals surface area contributed by atoms with Crippen molar-refractivity contribution >= 4 is 33.4 Å². The van der Waals surface area contributed by atoms with Crippen molar-refractivity contribution in [1.82, 2.24) is 4.31 Å². The molecule has 29 heavy (non-hydrogen) atoms. The molecule has 0 spiro atoms. The average Bonchev–Trinajstić information content (AvgIpc) is 2.75. The fourth-order valence-corrected chi connectivity index (χ4v) is 5.17. The zero-order valence-electron chi connectivity index (χ0n) is 16.2. The van der Waals surface area contributed by atoms with Gasteiger partial charge in [0.2, 0.25) is 15.9 Å². The molecular formula is C21H23N3O3S2. The molecule has 1 N–H and O–H groups in total. The van der Waals surface area contributed by atoms with Gasteiger partial charge in [-0.2, -0.15) is 9.57 Å². The van der Waals surface area contributed by atoms with Gasteiger partial charge in [-0.1, -0.05) is 12.1 Å². The van der Waals surface area contributed by atoms with E-state index >= 15 is 0 Å². The number of thioether (sulfide) groups is 1. The number of amides is 1. The topological polar surface area (TPSA) is 90.3 Å². The van der Waals surface area contributed by atoms with E-state index in [1.807, 2.05) is 18.4 Å². The lowest BCUT2D eigenvalue weighted by Gasteiger charge is -2.30. The first kappa shape index (κ1) is 21.4. The smallest absolute Gasteiger partial charge is 0.243 e. The van der Waals surface area contributed by atoms with Crippen LogP contribution in [0.3, 0.4) is 0 Å². The van der Waals surface area contributed by atoms with Gasteiger partial charge < -0.3 is 5.32 Å². The highest BCUT2D eigenvalue weighted by atomic mass is 32.2. The molecule has 0 radical (unpaired) electrons. The SMILES string of the molecule is CSc1ccc(S(=O)(=O)N2CCC(C(=O)Nc3ccc(CC#N)cc3)CC2)cc1. The molecule has 8 heteroatoms. The number of carbonyl (C=O) groups is 1. The van der Waals surface area contributed by atoms with Gasteiger partial charge >= 0.3 is 0 Å². The highest BCUT2D eigenvalue weighted by molar-refractivity contribution is 7.98. The number of anilines is 1. The van der Waals surface area contributed by atoms with Gasteiger partial charge in [0.1, 0.15) is 0 Å². The molecule has 1 amide bonds. The van der Waals surface area contributed by atoms with Gasteiger partial charge in [0.05, 0.1) is 17.4 Å². The molecule has 0 unspecified atom stereocenters. The Morgan fingerprint density at radius 1 is 1.14 bits per heavy atom. The number of nitriles is 1. The number of hydrogen-bond donors (Lipinski definition) is 1. The maximum absolute atomic E-state index is 12.8. The first-order valence-electron chi connectivity index (χ1n) is 9.35. The minimum Gasteiger partial charge on any atom is -0.326 e. The third-order valence-electron chi connectivity index (χ3n) is 5.03. The second-order valence-corrected chi connectivity index (χ2v) is 9.69. The quantitative estimate of drug-likeness (QED) is 0.710. The van der Waals surface area contributed by atoms with E-state index in [9.17, 15) is 13.2 Å². The van der Waals surface area contributed by atoms with Crippen LogP contribution in [0.5, 0.6) is 0 Å². The van der Waals surface area contributed by atoms with Crippen molar-refractivity contribution in [2.45, 2.75) is 29.1 Å². The number of sulfonamides is 1. The van der Waals surface area contributed by atoms with E-state index in [0.29, 0.717) is 38.0 Å². The Morgan fingerprint density at radius 2 is 1.76 bits per heavy atom. The maximum atomic E-state index is 12.8. The van der Waals surface area contributed by atoms with E-state index in [4.69, 9.17) is 5.26 Å². The van der Waals surface area contributed by atoms with Crippen LogP contribution in [0.15, 0.2) is 58.3 Å². The second-order valence-electron chi connectivity index (χ2n) is 6.87. The predicted molar refractivity (Wildman–Crippen MR) is 114 cm³/mol. The molecule has 1 saturated heterocycles. The first-order valence-corrected chi connectivity index (χ1v) is 12.0. The van der Waals surface area contributed by atoms with Crippen LogP contribution >= 0.6 is 11.8 Å². The number of rotatable bonds is 6. The van der Waals surface area contributed by atoms with E-state index in [0.717, 1.165) is 10.5 Å². The highest BCUT2D eigenvalue weighted by Crippen LogP contribution is 2.26. The average molecular weight is 430 g/mol. The maximum Gasteiger partial charge on any atom is 0.243 e. The third kappa shape index (κ3) is 5.18. The van der Waals surface area contributed by atoms with Crippen LogP contribution < -0.4 is 5.32 Å². The third-order valence-corrected chi connectivity index (χ3v) is 7.68. The summed E-state index contributed by atoms with van der Waals surface area (Å²) >= 11 is 1.56. The summed E-state index contributed by atoms with van der Waals surface area (Å²) in [4.78, 5) is 13.8. The van der Waals surface area contributed by atoms with E-state index in [1.165, 1.54) is 4.31 Å². The molecule has 1 fully saturated rings. The van der Waals surface area contributed by atoms with Crippen LogP contribution in [-0.4, -0.2) is 38.0 Å². The lowest BCUT2D eigenvalue weighted by Crippen LogP contribution is -2.41. The normalized spacial score (nSPS) is 15.6. The fraction of sp³-hybridized carbons (Fsp3) is 0.333. The Balaban J connectivity index is 1.57. The standard InChI is InChI=1S/C21H23N3O3S2/c1-28-19-6-8-20(9-7-19)29(26,27)24-14-11-17(12-15-24)21(25)23-18-4-2-16(3-5-18)10-13-22/h2-9,17H,10-12,14-15H2,1H3,(H,23,25). The Kier molecular flexibility index (Phi) is 6.96. The summed E-state index contributed by atoms with van der Waals surface area (Å²) < 4.78 is 27.1. The number of hydrogen-bond acceptors (Lipinski definition) is 5. The monoisotopic (exact) mass is 429 g/mol. The largest absolute Gasteiger partial charge is 0.326 e. The number of nitrogens with zero attached hydrogens (tertiary/aromatic N) is 2. The summed E-state index contributed by atoms with van der Waals surface area (Å²) in [7, 11) is -3.54. The number of benzene rings is 2. The summed E-state index contributed by atoms with van der Waals surface area (Å²) in [5.74, 6) is -0.321. The summed E-state index contributed by atoms with van der Waals surface area (Å²) in [6.45, 7) is 0.650. The van der Waals surface area contributed by atoms with E-state index in [-0.39, 0.29) is 16.7 Å². The molecule has 1 aliphatic heterocycles. The summed E-state index contributed by atoms with van der Waals surface area (Å²) in [5.41, 5.74) is 1.58. The van der Waals surface area contributed by atoms with Crippen LogP contribution in [-0.2, 0) is 21.2 Å². The van der Waals surface area contributed by atoms with Crippen LogP contribution in [0.4, 0.5) is 5.69 Å². The zero-order valence-corrected chi connectivity index (χ0v) is 17.8. The number of piperidine rings is 1. The van der Waals surface area contributed by atoms with Crippen molar-refractivity contribution in [3.8, 4) is 6.07 Å². The van der Waals surface area contributed by atoms with E-state index in [1.54, 1.807) is 48.2 Å². The molecule has 1 heterocycles. The molecule has 1 aliphatic rings. The minimum atomic E-state index is -3.54. The zero-order chi connectivity index (χ0) is 20.9. The number of nitrogens with one attached hydrogen (secondary N) is 1. The Hall–Kier alpha value is -2.34. The predicted octanol–water partition coefficient (Wildman–Crippen LogP) is 3.51. The first-order chi connectivity index (χ1) is 13.9. The molecule has 0 aromatic heterocycles. The molecule has 2 aromatic rings. The molecular weight excluding hydrogens is 406 g/mol. The fourth-order valence-electron chi connectivity index (χ4n) is 3.30. The van der Waals surface area contributed by atoms with Crippen molar-refractivity contribution in [1.29, 1.82) is 5.26 Å². The Morgan fingerprint density at radius 3 is 2.31 bits per heavy atom. The molecule has 152 valence electrons. The van der Waals surface area contributed by atoms with Gasteiger partial charge in [-0.3, -0.25) is 4.79 Å². The van der Waals surface area contributed by atoms with Crippen molar-refractivity contribution in [2.24, 2.45) is 5.92 Å². The lowest BCUT2D eigenvalue weighted by molar-refractivity contribution is -0.120.